The van der Waals surface area contributed by atoms with E-state index < -0.39 is 0 Å². The average Bonchev–Trinajstić information content (AvgIpc) is 2.38. The Balaban J connectivity index is 3.00. The lowest BCUT2D eigenvalue weighted by molar-refractivity contribution is 0.204. The molecule has 19 heavy (non-hydrogen) atoms. The first kappa shape index (κ1) is 16.3. The summed E-state index contributed by atoms with van der Waals surface area (Å²) in [6.07, 6.45) is 0. The largest absolute Gasteiger partial charge is 0.383 e. The summed E-state index contributed by atoms with van der Waals surface area (Å²) in [5.74, 6) is 0. The van der Waals surface area contributed by atoms with Crippen LogP contribution >= 0.6 is 11.6 Å². The number of halogens is 1. The maximum absolute atomic E-state index is 6.16. The van der Waals surface area contributed by atoms with Gasteiger partial charge in [0, 0.05) is 37.0 Å². The molecule has 0 aromatic heterocycles. The predicted octanol–water partition coefficient (Wildman–Crippen LogP) is 3.31. The quantitative estimate of drug-likeness (QED) is 0.793. The summed E-state index contributed by atoms with van der Waals surface area (Å²) in [6, 6.07) is 6.51. The second kappa shape index (κ2) is 8.41. The third-order valence-corrected chi connectivity index (χ3v) is 3.32. The van der Waals surface area contributed by atoms with Crippen LogP contribution in [0.4, 0.5) is 5.69 Å². The highest BCUT2D eigenvalue weighted by molar-refractivity contribution is 6.30. The molecule has 0 aliphatic rings. The lowest BCUT2D eigenvalue weighted by atomic mass is 10.1. The van der Waals surface area contributed by atoms with Crippen molar-refractivity contribution in [2.45, 2.75) is 33.4 Å². The molecular weight excluding hydrogens is 260 g/mol. The number of hydrogen-bond donors (Lipinski definition) is 1. The van der Waals surface area contributed by atoms with Gasteiger partial charge in [-0.3, -0.25) is 0 Å². The topological polar surface area (TPSA) is 24.5 Å². The summed E-state index contributed by atoms with van der Waals surface area (Å²) in [4.78, 5) is 2.34. The number of nitrogens with one attached hydrogen (secondary N) is 1. The molecule has 0 saturated carbocycles. The third kappa shape index (κ3) is 5.01. The zero-order valence-electron chi connectivity index (χ0n) is 12.4. The lowest BCUT2D eigenvalue weighted by Gasteiger charge is -2.31. The minimum atomic E-state index is 0.411. The molecule has 0 spiro atoms. The molecule has 0 fully saturated rings. The lowest BCUT2D eigenvalue weighted by Crippen LogP contribution is -2.35. The molecule has 0 unspecified atom stereocenters. The number of hydrogen-bond acceptors (Lipinski definition) is 3. The van der Waals surface area contributed by atoms with Gasteiger partial charge < -0.3 is 15.0 Å². The van der Waals surface area contributed by atoms with E-state index in [-0.39, 0.29) is 0 Å². The first-order chi connectivity index (χ1) is 9.10. The van der Waals surface area contributed by atoms with Crippen LogP contribution in [0.3, 0.4) is 0 Å². The van der Waals surface area contributed by atoms with Gasteiger partial charge in [-0.1, -0.05) is 24.6 Å². The van der Waals surface area contributed by atoms with E-state index in [2.05, 4.69) is 37.1 Å². The van der Waals surface area contributed by atoms with Gasteiger partial charge in [0.05, 0.1) is 6.61 Å². The van der Waals surface area contributed by atoms with E-state index in [4.69, 9.17) is 16.3 Å². The van der Waals surface area contributed by atoms with Gasteiger partial charge in [0.15, 0.2) is 0 Å². The van der Waals surface area contributed by atoms with E-state index in [0.717, 1.165) is 24.7 Å². The van der Waals surface area contributed by atoms with Gasteiger partial charge in [0.25, 0.3) is 0 Å². The summed E-state index contributed by atoms with van der Waals surface area (Å²) >= 11 is 6.16. The maximum atomic E-state index is 6.16. The van der Waals surface area contributed by atoms with E-state index in [1.807, 2.05) is 12.1 Å². The van der Waals surface area contributed by atoms with Crippen molar-refractivity contribution >= 4 is 17.3 Å². The SMILES string of the molecule is CCNCc1ccc(Cl)cc1N(CCOC)C(C)C. The number of anilines is 1. The molecule has 1 aromatic carbocycles. The van der Waals surface area contributed by atoms with E-state index >= 15 is 0 Å². The highest BCUT2D eigenvalue weighted by Gasteiger charge is 2.14. The number of methoxy groups -OCH3 is 1. The molecule has 0 aliphatic heterocycles. The van der Waals surface area contributed by atoms with Crippen molar-refractivity contribution in [2.75, 3.05) is 31.7 Å². The fourth-order valence-corrected chi connectivity index (χ4v) is 2.23. The molecule has 0 atom stereocenters. The van der Waals surface area contributed by atoms with Crippen LogP contribution in [0.5, 0.6) is 0 Å². The highest BCUT2D eigenvalue weighted by Crippen LogP contribution is 2.26. The Morgan fingerprint density at radius 1 is 1.37 bits per heavy atom. The van der Waals surface area contributed by atoms with Crippen LogP contribution in [-0.4, -0.2) is 32.8 Å². The van der Waals surface area contributed by atoms with Crippen molar-refractivity contribution < 1.29 is 4.74 Å². The Kier molecular flexibility index (Phi) is 7.21. The maximum Gasteiger partial charge on any atom is 0.0637 e. The molecule has 0 aliphatic carbocycles. The Bertz CT molecular complexity index is 382. The molecule has 1 rings (SSSR count). The minimum Gasteiger partial charge on any atom is -0.383 e. The molecule has 108 valence electrons. The molecule has 3 nitrogen and oxygen atoms in total. The van der Waals surface area contributed by atoms with E-state index in [1.54, 1.807) is 7.11 Å². The van der Waals surface area contributed by atoms with Gasteiger partial charge in [-0.2, -0.15) is 0 Å². The third-order valence-electron chi connectivity index (χ3n) is 3.08. The smallest absolute Gasteiger partial charge is 0.0637 e. The van der Waals surface area contributed by atoms with Crippen LogP contribution in [0.25, 0.3) is 0 Å². The van der Waals surface area contributed by atoms with Crippen LogP contribution in [0.2, 0.25) is 5.02 Å². The first-order valence-corrected chi connectivity index (χ1v) is 7.22. The molecule has 4 heteroatoms. The molecule has 0 bridgehead atoms. The number of benzene rings is 1. The normalized spacial score (nSPS) is 11.1. The monoisotopic (exact) mass is 284 g/mol. The molecule has 0 heterocycles. The number of nitrogens with zero attached hydrogens (tertiary/aromatic N) is 1. The van der Waals surface area contributed by atoms with Gasteiger partial charge in [0.1, 0.15) is 0 Å². The van der Waals surface area contributed by atoms with Gasteiger partial charge in [-0.25, -0.2) is 0 Å². The first-order valence-electron chi connectivity index (χ1n) is 6.84. The minimum absolute atomic E-state index is 0.411. The second-order valence-electron chi connectivity index (χ2n) is 4.83. The molecule has 1 aromatic rings. The van der Waals surface area contributed by atoms with Crippen molar-refractivity contribution in [3.05, 3.63) is 28.8 Å². The zero-order chi connectivity index (χ0) is 14.3. The zero-order valence-corrected chi connectivity index (χ0v) is 13.1. The van der Waals surface area contributed by atoms with Crippen molar-refractivity contribution in [1.29, 1.82) is 0 Å². The van der Waals surface area contributed by atoms with Gasteiger partial charge in [-0.15, -0.1) is 0 Å². The van der Waals surface area contributed by atoms with Crippen LogP contribution in [-0.2, 0) is 11.3 Å². The summed E-state index contributed by atoms with van der Waals surface area (Å²) in [7, 11) is 1.73. The van der Waals surface area contributed by atoms with E-state index in [9.17, 15) is 0 Å². The molecule has 0 amide bonds. The van der Waals surface area contributed by atoms with E-state index in [0.29, 0.717) is 12.6 Å². The van der Waals surface area contributed by atoms with Crippen LogP contribution in [0, 0.1) is 0 Å². The second-order valence-corrected chi connectivity index (χ2v) is 5.27. The number of rotatable bonds is 8. The number of ether oxygens (including phenoxy) is 1. The van der Waals surface area contributed by atoms with Gasteiger partial charge in [-0.05, 0) is 38.1 Å². The van der Waals surface area contributed by atoms with Crippen LogP contribution < -0.4 is 10.2 Å². The van der Waals surface area contributed by atoms with Gasteiger partial charge >= 0.3 is 0 Å². The predicted molar refractivity (Wildman–Crippen MR) is 83.2 cm³/mol. The fourth-order valence-electron chi connectivity index (χ4n) is 2.06. The Hall–Kier alpha value is -0.770. The summed E-state index contributed by atoms with van der Waals surface area (Å²) in [6.45, 7) is 9.89. The van der Waals surface area contributed by atoms with Gasteiger partial charge in [0.2, 0.25) is 0 Å². The van der Waals surface area contributed by atoms with Crippen molar-refractivity contribution in [1.82, 2.24) is 5.32 Å². The van der Waals surface area contributed by atoms with Crippen molar-refractivity contribution in [2.24, 2.45) is 0 Å². The molecular formula is C15H25ClN2O. The summed E-state index contributed by atoms with van der Waals surface area (Å²) in [5, 5.41) is 4.15. The van der Waals surface area contributed by atoms with Crippen LogP contribution in [0.1, 0.15) is 26.3 Å². The molecule has 0 saturated heterocycles. The van der Waals surface area contributed by atoms with Crippen molar-refractivity contribution in [3.8, 4) is 0 Å². The molecule has 1 N–H and O–H groups in total. The molecule has 0 radical (unpaired) electrons. The fraction of sp³-hybridized carbons (Fsp3) is 0.600. The summed E-state index contributed by atoms with van der Waals surface area (Å²) in [5.41, 5.74) is 2.47. The standard InChI is InChI=1S/C15H25ClN2O/c1-5-17-11-13-6-7-14(16)10-15(13)18(12(2)3)8-9-19-4/h6-7,10,12,17H,5,8-9,11H2,1-4H3. The Labute approximate surface area is 121 Å². The van der Waals surface area contributed by atoms with Crippen LogP contribution in [0.15, 0.2) is 18.2 Å². The highest BCUT2D eigenvalue weighted by atomic mass is 35.5. The summed E-state index contributed by atoms with van der Waals surface area (Å²) < 4.78 is 5.20. The Morgan fingerprint density at radius 3 is 2.68 bits per heavy atom. The van der Waals surface area contributed by atoms with E-state index in [1.165, 1.54) is 11.3 Å². The Morgan fingerprint density at radius 2 is 2.11 bits per heavy atom. The van der Waals surface area contributed by atoms with Crippen molar-refractivity contribution in [3.63, 3.8) is 0 Å². The average molecular weight is 285 g/mol.